The van der Waals surface area contributed by atoms with Gasteiger partial charge in [0.05, 0.1) is 0 Å². The van der Waals surface area contributed by atoms with E-state index in [-0.39, 0.29) is 0 Å². The lowest BCUT2D eigenvalue weighted by Gasteiger charge is -2.18. The van der Waals surface area contributed by atoms with Gasteiger partial charge in [0.25, 0.3) is 0 Å². The average Bonchev–Trinajstić information content (AvgIpc) is 3.10. The number of hydrogen-bond acceptors (Lipinski definition) is 0. The molecule has 26 heavy (non-hydrogen) atoms. The molecule has 130 valence electrons. The molecule has 0 fully saturated rings. The molecule has 0 saturated carbocycles. The zero-order valence-electron chi connectivity index (χ0n) is 15.7. The SMILES string of the molecule is CCC1C(CCc2cc(C)c3ccccc3c2)=CC=C1c1ccccc1. The van der Waals surface area contributed by atoms with Crippen LogP contribution in [-0.2, 0) is 6.42 Å². The number of fused-ring (bicyclic) bond motifs is 1. The molecule has 1 aliphatic rings. The van der Waals surface area contributed by atoms with Crippen LogP contribution in [0, 0.1) is 12.8 Å². The molecule has 0 heterocycles. The van der Waals surface area contributed by atoms with E-state index < -0.39 is 0 Å². The Morgan fingerprint density at radius 2 is 1.58 bits per heavy atom. The Morgan fingerprint density at radius 1 is 0.808 bits per heavy atom. The molecular weight excluding hydrogens is 312 g/mol. The first-order valence-corrected chi connectivity index (χ1v) is 9.70. The molecule has 0 amide bonds. The third-order valence-corrected chi connectivity index (χ3v) is 5.65. The Bertz CT molecular complexity index is 973. The smallest absolute Gasteiger partial charge is 0.00547 e. The van der Waals surface area contributed by atoms with E-state index in [1.165, 1.54) is 39.5 Å². The molecule has 3 aromatic carbocycles. The van der Waals surface area contributed by atoms with Gasteiger partial charge in [0.15, 0.2) is 0 Å². The van der Waals surface area contributed by atoms with Gasteiger partial charge in [0.2, 0.25) is 0 Å². The molecule has 0 heteroatoms. The van der Waals surface area contributed by atoms with Crippen LogP contribution < -0.4 is 0 Å². The standard InChI is InChI=1S/C26H26/c1-3-24-22(15-16-26(24)21-9-5-4-6-10-21)14-13-20-17-19(2)25-12-8-7-11-23(25)18-20/h4-12,15-18,24H,3,13-14H2,1-2H3. The van der Waals surface area contributed by atoms with Crippen LogP contribution in [0.15, 0.2) is 84.5 Å². The Kier molecular flexibility index (Phi) is 4.75. The molecule has 1 unspecified atom stereocenters. The van der Waals surface area contributed by atoms with Gasteiger partial charge in [-0.25, -0.2) is 0 Å². The molecule has 0 bridgehead atoms. The Labute approximate surface area is 156 Å². The highest BCUT2D eigenvalue weighted by atomic mass is 14.3. The highest BCUT2D eigenvalue weighted by Crippen LogP contribution is 2.38. The Morgan fingerprint density at radius 3 is 2.38 bits per heavy atom. The van der Waals surface area contributed by atoms with E-state index in [9.17, 15) is 0 Å². The molecule has 1 aliphatic carbocycles. The van der Waals surface area contributed by atoms with Gasteiger partial charge in [-0.1, -0.05) is 91.4 Å². The van der Waals surface area contributed by atoms with Gasteiger partial charge >= 0.3 is 0 Å². The van der Waals surface area contributed by atoms with E-state index in [1.807, 2.05) is 0 Å². The van der Waals surface area contributed by atoms with E-state index in [4.69, 9.17) is 0 Å². The number of rotatable bonds is 5. The number of aryl methyl sites for hydroxylation is 2. The van der Waals surface area contributed by atoms with Crippen molar-refractivity contribution in [3.63, 3.8) is 0 Å². The first-order valence-electron chi connectivity index (χ1n) is 9.70. The topological polar surface area (TPSA) is 0 Å². The predicted octanol–water partition coefficient (Wildman–Crippen LogP) is 7.13. The van der Waals surface area contributed by atoms with Crippen LogP contribution in [0.3, 0.4) is 0 Å². The highest BCUT2D eigenvalue weighted by Gasteiger charge is 2.22. The third-order valence-electron chi connectivity index (χ3n) is 5.65. The molecule has 1 atom stereocenters. The van der Waals surface area contributed by atoms with E-state index in [2.05, 4.69) is 92.7 Å². The van der Waals surface area contributed by atoms with Crippen molar-refractivity contribution in [2.75, 3.05) is 0 Å². The Hall–Kier alpha value is -2.60. The lowest BCUT2D eigenvalue weighted by atomic mass is 9.86. The van der Waals surface area contributed by atoms with E-state index >= 15 is 0 Å². The molecule has 0 nitrogen and oxygen atoms in total. The van der Waals surface area contributed by atoms with Crippen LogP contribution in [0.2, 0.25) is 0 Å². The fraction of sp³-hybridized carbons (Fsp3) is 0.231. The van der Waals surface area contributed by atoms with E-state index in [0.717, 1.165) is 12.8 Å². The average molecular weight is 338 g/mol. The van der Waals surface area contributed by atoms with Gasteiger partial charge < -0.3 is 0 Å². The van der Waals surface area contributed by atoms with Crippen molar-refractivity contribution in [1.29, 1.82) is 0 Å². The third kappa shape index (κ3) is 3.24. The van der Waals surface area contributed by atoms with Crippen LogP contribution >= 0.6 is 0 Å². The minimum absolute atomic E-state index is 0.568. The maximum absolute atomic E-state index is 2.37. The number of benzene rings is 3. The van der Waals surface area contributed by atoms with Gasteiger partial charge in [0, 0.05) is 5.92 Å². The Balaban J connectivity index is 1.50. The van der Waals surface area contributed by atoms with Crippen molar-refractivity contribution >= 4 is 16.3 Å². The molecule has 0 N–H and O–H groups in total. The van der Waals surface area contributed by atoms with Gasteiger partial charge in [-0.05, 0) is 59.2 Å². The summed E-state index contributed by atoms with van der Waals surface area (Å²) in [6, 6.07) is 24.3. The lowest BCUT2D eigenvalue weighted by molar-refractivity contribution is 0.708. The van der Waals surface area contributed by atoms with Crippen LogP contribution in [0.5, 0.6) is 0 Å². The molecule has 0 aliphatic heterocycles. The van der Waals surface area contributed by atoms with Crippen LogP contribution in [0.4, 0.5) is 0 Å². The number of allylic oxidation sites excluding steroid dienone is 4. The minimum atomic E-state index is 0.568. The lowest BCUT2D eigenvalue weighted by Crippen LogP contribution is -2.04. The molecule has 3 aromatic rings. The fourth-order valence-electron chi connectivity index (χ4n) is 4.31. The summed E-state index contributed by atoms with van der Waals surface area (Å²) in [7, 11) is 0. The molecule has 0 saturated heterocycles. The molecule has 0 spiro atoms. The molecule has 0 radical (unpaired) electrons. The molecule has 0 aromatic heterocycles. The summed E-state index contributed by atoms with van der Waals surface area (Å²) in [5, 5.41) is 2.73. The summed E-state index contributed by atoms with van der Waals surface area (Å²) < 4.78 is 0. The van der Waals surface area contributed by atoms with Gasteiger partial charge in [-0.2, -0.15) is 0 Å². The van der Waals surface area contributed by atoms with E-state index in [1.54, 1.807) is 5.57 Å². The van der Waals surface area contributed by atoms with Crippen molar-refractivity contribution in [1.82, 2.24) is 0 Å². The van der Waals surface area contributed by atoms with Crippen molar-refractivity contribution in [2.45, 2.75) is 33.1 Å². The van der Waals surface area contributed by atoms with Gasteiger partial charge in [-0.15, -0.1) is 0 Å². The van der Waals surface area contributed by atoms with Crippen molar-refractivity contribution in [3.8, 4) is 0 Å². The number of hydrogen-bond donors (Lipinski definition) is 0. The zero-order chi connectivity index (χ0) is 17.9. The highest BCUT2D eigenvalue weighted by molar-refractivity contribution is 5.86. The zero-order valence-corrected chi connectivity index (χ0v) is 15.7. The molecule has 4 rings (SSSR count). The van der Waals surface area contributed by atoms with Crippen LogP contribution in [0.1, 0.15) is 36.5 Å². The summed E-state index contributed by atoms with van der Waals surface area (Å²) in [5.41, 5.74) is 7.26. The normalized spacial score (nSPS) is 16.6. The van der Waals surface area contributed by atoms with Crippen LogP contribution in [-0.4, -0.2) is 0 Å². The first kappa shape index (κ1) is 16.8. The maximum atomic E-state index is 2.37. The van der Waals surface area contributed by atoms with Crippen LogP contribution in [0.25, 0.3) is 16.3 Å². The second kappa shape index (κ2) is 7.33. The summed E-state index contributed by atoms with van der Waals surface area (Å²) in [5.74, 6) is 0.568. The molecular formula is C26H26. The minimum Gasteiger partial charge on any atom is -0.0645 e. The summed E-state index contributed by atoms with van der Waals surface area (Å²) >= 11 is 0. The monoisotopic (exact) mass is 338 g/mol. The fourth-order valence-corrected chi connectivity index (χ4v) is 4.31. The second-order valence-electron chi connectivity index (χ2n) is 7.32. The summed E-state index contributed by atoms with van der Waals surface area (Å²) in [6.07, 6.45) is 8.13. The van der Waals surface area contributed by atoms with E-state index in [0.29, 0.717) is 5.92 Å². The van der Waals surface area contributed by atoms with Crippen molar-refractivity contribution < 1.29 is 0 Å². The quantitative estimate of drug-likeness (QED) is 0.464. The van der Waals surface area contributed by atoms with Gasteiger partial charge in [-0.3, -0.25) is 0 Å². The second-order valence-corrected chi connectivity index (χ2v) is 7.32. The first-order chi connectivity index (χ1) is 12.8. The summed E-state index contributed by atoms with van der Waals surface area (Å²) in [4.78, 5) is 0. The van der Waals surface area contributed by atoms with Crippen molar-refractivity contribution in [3.05, 3.63) is 101 Å². The van der Waals surface area contributed by atoms with Gasteiger partial charge in [0.1, 0.15) is 0 Å². The summed E-state index contributed by atoms with van der Waals surface area (Å²) in [6.45, 7) is 4.53. The van der Waals surface area contributed by atoms with Crippen molar-refractivity contribution in [2.24, 2.45) is 5.92 Å². The maximum Gasteiger partial charge on any atom is 0.00547 e. The largest absolute Gasteiger partial charge is 0.0645 e. The predicted molar refractivity (Wildman–Crippen MR) is 113 cm³/mol.